The Morgan fingerprint density at radius 1 is 1.00 bits per heavy atom. The molecular weight excluding hydrogens is 407 g/mol. The third-order valence-corrected chi connectivity index (χ3v) is 4.28. The zero-order valence-corrected chi connectivity index (χ0v) is 16.4. The fraction of sp³-hybridized carbons (Fsp3) is 0.0588. The minimum atomic E-state index is -0.465. The van der Waals surface area contributed by atoms with Crippen molar-refractivity contribution in [1.29, 1.82) is 0 Å². The van der Waals surface area contributed by atoms with Gasteiger partial charge in [-0.25, -0.2) is 4.68 Å². The molecular formula is C17H14Cl2N6OS. The van der Waals surface area contributed by atoms with Crippen molar-refractivity contribution >= 4 is 52.1 Å². The Kier molecular flexibility index (Phi) is 5.90. The van der Waals surface area contributed by atoms with Crippen LogP contribution in [0.3, 0.4) is 0 Å². The lowest BCUT2D eigenvalue weighted by molar-refractivity contribution is 0.0938. The Bertz CT molecular complexity index is 972. The molecule has 10 heteroatoms. The maximum Gasteiger partial charge on any atom is 0.292 e. The number of carbonyl (C=O) groups is 1. The van der Waals surface area contributed by atoms with Crippen molar-refractivity contribution in [2.24, 2.45) is 0 Å². The minimum Gasteiger partial charge on any atom is -0.331 e. The molecule has 2 aromatic carbocycles. The van der Waals surface area contributed by atoms with Crippen LogP contribution in [0.4, 0.5) is 5.69 Å². The summed E-state index contributed by atoms with van der Waals surface area (Å²) in [6, 6.07) is 14.0. The quantitative estimate of drug-likeness (QED) is 0.444. The van der Waals surface area contributed by atoms with E-state index >= 15 is 0 Å². The molecule has 27 heavy (non-hydrogen) atoms. The van der Waals surface area contributed by atoms with Crippen LogP contribution in [0.1, 0.15) is 16.2 Å². The average molecular weight is 421 g/mol. The molecule has 138 valence electrons. The van der Waals surface area contributed by atoms with Gasteiger partial charge in [-0.15, -0.1) is 5.10 Å². The van der Waals surface area contributed by atoms with Crippen LogP contribution < -0.4 is 16.2 Å². The zero-order valence-electron chi connectivity index (χ0n) is 14.0. The number of anilines is 1. The summed E-state index contributed by atoms with van der Waals surface area (Å²) in [6.07, 6.45) is 0. The van der Waals surface area contributed by atoms with Crippen molar-refractivity contribution in [1.82, 2.24) is 25.8 Å². The van der Waals surface area contributed by atoms with Crippen molar-refractivity contribution in [3.05, 3.63) is 70.0 Å². The van der Waals surface area contributed by atoms with Gasteiger partial charge in [-0.1, -0.05) is 28.4 Å². The molecule has 0 unspecified atom stereocenters. The maximum absolute atomic E-state index is 12.4. The molecule has 1 amide bonds. The number of hydrogen-bond acceptors (Lipinski definition) is 4. The van der Waals surface area contributed by atoms with E-state index in [9.17, 15) is 4.79 Å². The predicted octanol–water partition coefficient (Wildman–Crippen LogP) is 3.51. The molecule has 0 aliphatic carbocycles. The van der Waals surface area contributed by atoms with Crippen LogP contribution in [0.5, 0.6) is 0 Å². The van der Waals surface area contributed by atoms with Crippen LogP contribution in [0, 0.1) is 6.92 Å². The van der Waals surface area contributed by atoms with Crippen LogP contribution in [0.15, 0.2) is 48.5 Å². The predicted molar refractivity (Wildman–Crippen MR) is 109 cm³/mol. The largest absolute Gasteiger partial charge is 0.331 e. The van der Waals surface area contributed by atoms with Crippen LogP contribution >= 0.6 is 35.4 Å². The summed E-state index contributed by atoms with van der Waals surface area (Å²) in [6.45, 7) is 1.74. The summed E-state index contributed by atoms with van der Waals surface area (Å²) >= 11 is 16.9. The van der Waals surface area contributed by atoms with E-state index in [4.69, 9.17) is 35.4 Å². The van der Waals surface area contributed by atoms with Gasteiger partial charge in [0.25, 0.3) is 5.91 Å². The Labute approximate surface area is 170 Å². The number of nitrogens with one attached hydrogen (secondary N) is 3. The summed E-state index contributed by atoms with van der Waals surface area (Å²) in [4.78, 5) is 12.4. The summed E-state index contributed by atoms with van der Waals surface area (Å²) in [5.74, 6) is -0.465. The highest BCUT2D eigenvalue weighted by atomic mass is 35.5. The molecule has 0 saturated heterocycles. The molecule has 3 aromatic rings. The standard InChI is InChI=1S/C17H14Cl2N6OS/c1-10-15(21-24-25(10)14-8-4-12(19)5-9-14)16(26)22-23-17(27)20-13-6-2-11(18)3-7-13/h2-9H,1H3,(H,22,26)(H2,20,23,27). The van der Waals surface area contributed by atoms with E-state index in [0.29, 0.717) is 15.7 Å². The Balaban J connectivity index is 1.62. The van der Waals surface area contributed by atoms with Gasteiger partial charge in [0, 0.05) is 15.7 Å². The smallest absolute Gasteiger partial charge is 0.292 e. The van der Waals surface area contributed by atoms with Gasteiger partial charge >= 0.3 is 0 Å². The second-order valence-corrected chi connectivity index (χ2v) is 6.73. The summed E-state index contributed by atoms with van der Waals surface area (Å²) in [7, 11) is 0. The molecule has 1 aromatic heterocycles. The first-order valence-corrected chi connectivity index (χ1v) is 8.91. The van der Waals surface area contributed by atoms with Crippen molar-refractivity contribution in [3.63, 3.8) is 0 Å². The molecule has 0 aliphatic heterocycles. The van der Waals surface area contributed by atoms with Gasteiger partial charge in [0.05, 0.1) is 11.4 Å². The van der Waals surface area contributed by atoms with Gasteiger partial charge < -0.3 is 5.32 Å². The van der Waals surface area contributed by atoms with Gasteiger partial charge in [-0.05, 0) is 67.7 Å². The van der Waals surface area contributed by atoms with Crippen LogP contribution in [0.2, 0.25) is 10.0 Å². The average Bonchev–Trinajstić information content (AvgIpc) is 3.04. The summed E-state index contributed by atoms with van der Waals surface area (Å²) < 4.78 is 1.55. The normalized spacial score (nSPS) is 10.3. The molecule has 1 heterocycles. The van der Waals surface area contributed by atoms with E-state index in [1.165, 1.54) is 0 Å². The second-order valence-electron chi connectivity index (χ2n) is 5.45. The lowest BCUT2D eigenvalue weighted by Crippen LogP contribution is -2.44. The highest BCUT2D eigenvalue weighted by molar-refractivity contribution is 7.80. The fourth-order valence-corrected chi connectivity index (χ4v) is 2.66. The number of hydrazine groups is 1. The van der Waals surface area contributed by atoms with Crippen LogP contribution in [-0.2, 0) is 0 Å². The topological polar surface area (TPSA) is 83.9 Å². The summed E-state index contributed by atoms with van der Waals surface area (Å²) in [5, 5.41) is 12.3. The third-order valence-electron chi connectivity index (χ3n) is 3.57. The molecule has 0 aliphatic rings. The van der Waals surface area contributed by atoms with Crippen molar-refractivity contribution < 1.29 is 4.79 Å². The Hall–Kier alpha value is -2.68. The number of amides is 1. The van der Waals surface area contributed by atoms with Crippen molar-refractivity contribution in [2.45, 2.75) is 6.92 Å². The van der Waals surface area contributed by atoms with Gasteiger partial charge in [0.15, 0.2) is 10.8 Å². The first-order chi connectivity index (χ1) is 12.9. The minimum absolute atomic E-state index is 0.173. The zero-order chi connectivity index (χ0) is 19.4. The Morgan fingerprint density at radius 2 is 1.59 bits per heavy atom. The number of nitrogens with zero attached hydrogens (tertiary/aromatic N) is 3. The molecule has 0 atom stereocenters. The maximum atomic E-state index is 12.4. The van der Waals surface area contributed by atoms with E-state index in [0.717, 1.165) is 11.4 Å². The molecule has 0 fully saturated rings. The number of thiocarbonyl (C=S) groups is 1. The molecule has 3 N–H and O–H groups in total. The molecule has 0 bridgehead atoms. The van der Waals surface area contributed by atoms with Crippen molar-refractivity contribution in [2.75, 3.05) is 5.32 Å². The van der Waals surface area contributed by atoms with E-state index < -0.39 is 5.91 Å². The first-order valence-electron chi connectivity index (χ1n) is 7.75. The molecule has 3 rings (SSSR count). The van der Waals surface area contributed by atoms with Crippen LogP contribution in [0.25, 0.3) is 5.69 Å². The number of aromatic nitrogens is 3. The van der Waals surface area contributed by atoms with Gasteiger partial charge in [0.1, 0.15) is 0 Å². The Morgan fingerprint density at radius 3 is 2.22 bits per heavy atom. The number of halogens is 2. The second kappa shape index (κ2) is 8.34. The molecule has 0 spiro atoms. The van der Waals surface area contributed by atoms with Crippen molar-refractivity contribution in [3.8, 4) is 5.69 Å². The highest BCUT2D eigenvalue weighted by Gasteiger charge is 2.17. The SMILES string of the molecule is Cc1c(C(=O)NNC(=S)Nc2ccc(Cl)cc2)nnn1-c1ccc(Cl)cc1. The third kappa shape index (κ3) is 4.73. The monoisotopic (exact) mass is 420 g/mol. The fourth-order valence-electron chi connectivity index (χ4n) is 2.23. The first kappa shape index (κ1) is 19.1. The van der Waals surface area contributed by atoms with Gasteiger partial charge in [0.2, 0.25) is 0 Å². The van der Waals surface area contributed by atoms with E-state index in [-0.39, 0.29) is 10.8 Å². The summed E-state index contributed by atoms with van der Waals surface area (Å²) in [5.41, 5.74) is 7.34. The number of carbonyl (C=O) groups excluding carboxylic acids is 1. The highest BCUT2D eigenvalue weighted by Crippen LogP contribution is 2.16. The van der Waals surface area contributed by atoms with E-state index in [1.54, 1.807) is 60.1 Å². The van der Waals surface area contributed by atoms with E-state index in [2.05, 4.69) is 26.5 Å². The van der Waals surface area contributed by atoms with Gasteiger partial charge in [-0.3, -0.25) is 15.6 Å². The molecule has 7 nitrogen and oxygen atoms in total. The lowest BCUT2D eigenvalue weighted by atomic mass is 10.3. The van der Waals surface area contributed by atoms with E-state index in [1.807, 2.05) is 0 Å². The number of benzene rings is 2. The van der Waals surface area contributed by atoms with Crippen LogP contribution in [-0.4, -0.2) is 26.0 Å². The number of rotatable bonds is 3. The lowest BCUT2D eigenvalue weighted by Gasteiger charge is -2.11. The molecule has 0 radical (unpaired) electrons. The number of hydrogen-bond donors (Lipinski definition) is 3. The van der Waals surface area contributed by atoms with Gasteiger partial charge in [-0.2, -0.15) is 0 Å². The molecule has 0 saturated carbocycles.